The van der Waals surface area contributed by atoms with Crippen LogP contribution >= 0.6 is 0 Å². The maximum Gasteiger partial charge on any atom is 0.164 e. The van der Waals surface area contributed by atoms with Crippen LogP contribution in [0, 0.1) is 0 Å². The highest BCUT2D eigenvalue weighted by Crippen LogP contribution is 2.58. The molecule has 4 heteroatoms. The predicted octanol–water partition coefficient (Wildman–Crippen LogP) is 16.2. The highest BCUT2D eigenvalue weighted by molar-refractivity contribution is 6.11. The molecular formula is C63H46N4. The number of fused-ring (bicyclic) bond motifs is 8. The van der Waals surface area contributed by atoms with Crippen molar-refractivity contribution in [1.82, 2.24) is 19.5 Å². The Morgan fingerprint density at radius 2 is 0.806 bits per heavy atom. The molecule has 67 heavy (non-hydrogen) atoms. The molecule has 9 aromatic carbocycles. The zero-order valence-electron chi connectivity index (χ0n) is 37.1. The van der Waals surface area contributed by atoms with Crippen LogP contribution in [0.3, 0.4) is 0 Å². The van der Waals surface area contributed by atoms with Crippen LogP contribution in [-0.2, 0) is 5.41 Å². The van der Waals surface area contributed by atoms with Gasteiger partial charge in [0.2, 0.25) is 0 Å². The Morgan fingerprint density at radius 3 is 1.52 bits per heavy atom. The third-order valence-corrected chi connectivity index (χ3v) is 14.4. The Hall–Kier alpha value is -8.21. The highest BCUT2D eigenvalue weighted by Gasteiger charge is 2.44. The molecule has 1 saturated carbocycles. The second-order valence-corrected chi connectivity index (χ2v) is 18.3. The molecule has 0 N–H and O–H groups in total. The minimum atomic E-state index is 0.00231. The molecule has 0 aliphatic heterocycles. The lowest BCUT2D eigenvalue weighted by atomic mass is 9.67. The lowest BCUT2D eigenvalue weighted by Gasteiger charge is -2.36. The molecule has 1 spiro atoms. The highest BCUT2D eigenvalue weighted by atomic mass is 15.0. The summed E-state index contributed by atoms with van der Waals surface area (Å²) in [5.74, 6) is 1.95. The standard InChI is InChI=1S/C63H46N4/c1-5-17-42(18-6-1)44-29-31-46(32-30-44)61-64-60(45-21-9-3-10-22-45)65-62(66-61)50-25-15-23-47(37-50)49-33-34-56-53(39-49)54-41-59-55(40-57(54)63(56)35-13-4-14-36-63)52-27-11-12-28-58(52)67(59)51-26-16-24-48(38-51)43-19-7-2-8-20-43/h1-3,5-12,15-34,37-41H,4,13-14,35-36H2. The number of para-hydroxylation sites is 1. The first-order valence-corrected chi connectivity index (χ1v) is 23.6. The lowest BCUT2D eigenvalue weighted by Crippen LogP contribution is -2.28. The summed E-state index contributed by atoms with van der Waals surface area (Å²) in [5.41, 5.74) is 19.3. The molecule has 2 aromatic heterocycles. The Morgan fingerprint density at radius 1 is 0.313 bits per heavy atom. The van der Waals surface area contributed by atoms with Gasteiger partial charge in [0.25, 0.3) is 0 Å². The second-order valence-electron chi connectivity index (χ2n) is 18.3. The first kappa shape index (κ1) is 39.2. The van der Waals surface area contributed by atoms with Crippen molar-refractivity contribution in [3.05, 3.63) is 230 Å². The SMILES string of the molecule is c1ccc(-c2ccc(-c3nc(-c4ccccc4)nc(-c4cccc(-c5ccc6c(c5)-c5cc7c(cc5C65CCCCC5)c5ccccc5n7-c5cccc(-c6ccccc6)c5)c4)n3)cc2)cc1. The zero-order chi connectivity index (χ0) is 44.3. The summed E-state index contributed by atoms with van der Waals surface area (Å²) in [7, 11) is 0. The Labute approximate surface area is 391 Å². The molecular weight excluding hydrogens is 813 g/mol. The third-order valence-electron chi connectivity index (χ3n) is 14.4. The van der Waals surface area contributed by atoms with E-state index in [1.54, 1.807) is 0 Å². The van der Waals surface area contributed by atoms with E-state index in [0.717, 1.165) is 27.8 Å². The lowest BCUT2D eigenvalue weighted by molar-refractivity contribution is 0.353. The maximum absolute atomic E-state index is 5.16. The van der Waals surface area contributed by atoms with Crippen LogP contribution in [0.5, 0.6) is 0 Å². The number of benzene rings is 9. The number of nitrogens with zero attached hydrogens (tertiary/aromatic N) is 4. The van der Waals surface area contributed by atoms with Crippen molar-refractivity contribution in [2.45, 2.75) is 37.5 Å². The molecule has 2 aliphatic carbocycles. The zero-order valence-corrected chi connectivity index (χ0v) is 37.1. The monoisotopic (exact) mass is 858 g/mol. The van der Waals surface area contributed by atoms with Gasteiger partial charge in [-0.3, -0.25) is 0 Å². The Kier molecular flexibility index (Phi) is 9.38. The molecule has 0 atom stereocenters. The number of aromatic nitrogens is 4. The first-order valence-electron chi connectivity index (χ1n) is 23.6. The summed E-state index contributed by atoms with van der Waals surface area (Å²) < 4.78 is 2.49. The minimum absolute atomic E-state index is 0.00231. The molecule has 0 unspecified atom stereocenters. The van der Waals surface area contributed by atoms with Crippen molar-refractivity contribution in [2.75, 3.05) is 0 Å². The van der Waals surface area contributed by atoms with Crippen LogP contribution in [-0.4, -0.2) is 19.5 Å². The molecule has 13 rings (SSSR count). The largest absolute Gasteiger partial charge is 0.309 e. The van der Waals surface area contributed by atoms with Gasteiger partial charge < -0.3 is 4.57 Å². The van der Waals surface area contributed by atoms with Gasteiger partial charge in [-0.25, -0.2) is 15.0 Å². The smallest absolute Gasteiger partial charge is 0.164 e. The molecule has 0 saturated heterocycles. The van der Waals surface area contributed by atoms with Crippen molar-refractivity contribution in [3.8, 4) is 84.4 Å². The average molecular weight is 859 g/mol. The van der Waals surface area contributed by atoms with Crippen LogP contribution in [0.2, 0.25) is 0 Å². The van der Waals surface area contributed by atoms with E-state index in [2.05, 4.69) is 199 Å². The minimum Gasteiger partial charge on any atom is -0.309 e. The molecule has 2 aliphatic rings. The van der Waals surface area contributed by atoms with Gasteiger partial charge in [0.15, 0.2) is 17.5 Å². The summed E-state index contributed by atoms with van der Waals surface area (Å²) in [4.78, 5) is 15.3. The van der Waals surface area contributed by atoms with E-state index in [-0.39, 0.29) is 5.41 Å². The van der Waals surface area contributed by atoms with Gasteiger partial charge in [0.1, 0.15) is 0 Å². The van der Waals surface area contributed by atoms with Crippen molar-refractivity contribution >= 4 is 21.8 Å². The quantitative estimate of drug-likeness (QED) is 0.160. The van der Waals surface area contributed by atoms with Gasteiger partial charge in [-0.1, -0.05) is 195 Å². The van der Waals surface area contributed by atoms with E-state index in [1.165, 1.54) is 104 Å². The van der Waals surface area contributed by atoms with Gasteiger partial charge in [0, 0.05) is 38.6 Å². The Balaban J connectivity index is 0.940. The first-order chi connectivity index (χ1) is 33.2. The van der Waals surface area contributed by atoms with Crippen LogP contribution < -0.4 is 0 Å². The topological polar surface area (TPSA) is 43.6 Å². The fourth-order valence-corrected chi connectivity index (χ4v) is 11.2. The average Bonchev–Trinajstić information content (AvgIpc) is 3.87. The van der Waals surface area contributed by atoms with E-state index in [0.29, 0.717) is 17.5 Å². The summed E-state index contributed by atoms with van der Waals surface area (Å²) in [6.07, 6.45) is 6.12. The summed E-state index contributed by atoms with van der Waals surface area (Å²) in [6, 6.07) is 79.0. The molecule has 318 valence electrons. The summed E-state index contributed by atoms with van der Waals surface area (Å²) in [5, 5.41) is 2.62. The van der Waals surface area contributed by atoms with Crippen LogP contribution in [0.1, 0.15) is 43.2 Å². The normalized spacial score (nSPS) is 13.8. The van der Waals surface area contributed by atoms with Crippen LogP contribution in [0.15, 0.2) is 218 Å². The van der Waals surface area contributed by atoms with Gasteiger partial charge in [-0.05, 0) is 111 Å². The molecule has 11 aromatic rings. The number of hydrogen-bond donors (Lipinski definition) is 0. The van der Waals surface area contributed by atoms with Crippen molar-refractivity contribution < 1.29 is 0 Å². The van der Waals surface area contributed by atoms with E-state index in [9.17, 15) is 0 Å². The van der Waals surface area contributed by atoms with E-state index >= 15 is 0 Å². The number of hydrogen-bond acceptors (Lipinski definition) is 3. The van der Waals surface area contributed by atoms with Gasteiger partial charge >= 0.3 is 0 Å². The van der Waals surface area contributed by atoms with Crippen LogP contribution in [0.25, 0.3) is 106 Å². The molecule has 1 fully saturated rings. The van der Waals surface area contributed by atoms with Crippen LogP contribution in [0.4, 0.5) is 0 Å². The van der Waals surface area contributed by atoms with E-state index in [4.69, 9.17) is 15.0 Å². The van der Waals surface area contributed by atoms with Crippen molar-refractivity contribution in [3.63, 3.8) is 0 Å². The number of rotatable bonds is 7. The van der Waals surface area contributed by atoms with Gasteiger partial charge in [0.05, 0.1) is 11.0 Å². The third kappa shape index (κ3) is 6.70. The van der Waals surface area contributed by atoms with Crippen molar-refractivity contribution in [2.24, 2.45) is 0 Å². The molecule has 0 bridgehead atoms. The molecule has 0 amide bonds. The van der Waals surface area contributed by atoms with Gasteiger partial charge in [-0.15, -0.1) is 0 Å². The predicted molar refractivity (Wildman–Crippen MR) is 276 cm³/mol. The van der Waals surface area contributed by atoms with Crippen molar-refractivity contribution in [1.29, 1.82) is 0 Å². The summed E-state index contributed by atoms with van der Waals surface area (Å²) >= 11 is 0. The molecule has 0 radical (unpaired) electrons. The second kappa shape index (κ2) is 16.0. The fourth-order valence-electron chi connectivity index (χ4n) is 11.2. The summed E-state index contributed by atoms with van der Waals surface area (Å²) in [6.45, 7) is 0. The van der Waals surface area contributed by atoms with E-state index in [1.807, 2.05) is 24.3 Å². The molecule has 4 nitrogen and oxygen atoms in total. The van der Waals surface area contributed by atoms with Gasteiger partial charge in [-0.2, -0.15) is 0 Å². The fraction of sp³-hybridized carbons (Fsp3) is 0.0952. The molecule has 2 heterocycles. The Bertz CT molecular complexity index is 3640. The van der Waals surface area contributed by atoms with E-state index < -0.39 is 0 Å². The maximum atomic E-state index is 5.16.